The molecule has 0 aromatic heterocycles. The van der Waals surface area contributed by atoms with Gasteiger partial charge in [-0.15, -0.1) is 0 Å². The maximum Gasteiger partial charge on any atom is 0.306 e. The Morgan fingerprint density at radius 1 is 1.45 bits per heavy atom. The molecule has 11 heavy (non-hydrogen) atoms. The minimum Gasteiger partial charge on any atom is -0.466 e. The highest BCUT2D eigenvalue weighted by Crippen LogP contribution is 2.07. The second kappa shape index (κ2) is 6.16. The van der Waals surface area contributed by atoms with Crippen LogP contribution < -0.4 is 0 Å². The van der Waals surface area contributed by atoms with Crippen molar-refractivity contribution in [1.82, 2.24) is 0 Å². The molecule has 0 aromatic carbocycles. The molecule has 1 atom stereocenters. The van der Waals surface area contributed by atoms with E-state index in [2.05, 4.69) is 0 Å². The number of carbonyl (C=O) groups is 1. The van der Waals surface area contributed by atoms with Crippen LogP contribution in [0.4, 0.5) is 0 Å². The fourth-order valence-electron chi connectivity index (χ4n) is 0.777. The Morgan fingerprint density at radius 2 is 2.09 bits per heavy atom. The van der Waals surface area contributed by atoms with Crippen LogP contribution in [-0.2, 0) is 14.6 Å². The molecule has 0 heterocycles. The van der Waals surface area contributed by atoms with Gasteiger partial charge in [0.2, 0.25) is 0 Å². The van der Waals surface area contributed by atoms with Crippen LogP contribution in [-0.4, -0.2) is 19.2 Å². The highest BCUT2D eigenvalue weighted by molar-refractivity contribution is 5.69. The summed E-state index contributed by atoms with van der Waals surface area (Å²) >= 11 is 0. The molecule has 0 aromatic rings. The zero-order valence-electron chi connectivity index (χ0n) is 7.13. The van der Waals surface area contributed by atoms with Crippen molar-refractivity contribution in [2.24, 2.45) is 5.92 Å². The number of esters is 1. The lowest BCUT2D eigenvalue weighted by Crippen LogP contribution is -2.13. The Balaban J connectivity index is 3.54. The Bertz CT molecular complexity index is 108. The summed E-state index contributed by atoms with van der Waals surface area (Å²) in [5, 5.41) is 10.4. The van der Waals surface area contributed by atoms with E-state index in [-0.39, 0.29) is 24.9 Å². The molecule has 3 nitrogen and oxygen atoms in total. The van der Waals surface area contributed by atoms with Gasteiger partial charge in [-0.05, 0) is 12.8 Å². The molecule has 1 radical (unpaired) electrons. The molecule has 3 heteroatoms. The number of rotatable bonds is 5. The average molecular weight is 159 g/mol. The zero-order valence-corrected chi connectivity index (χ0v) is 7.13. The van der Waals surface area contributed by atoms with Gasteiger partial charge in [-0.1, -0.05) is 13.3 Å². The van der Waals surface area contributed by atoms with Crippen LogP contribution in [0.25, 0.3) is 0 Å². The van der Waals surface area contributed by atoms with E-state index in [4.69, 9.17) is 4.74 Å². The fraction of sp³-hybridized carbons (Fsp3) is 0.875. The first-order chi connectivity index (χ1) is 5.24. The summed E-state index contributed by atoms with van der Waals surface area (Å²) in [6.07, 6.45) is 1.02. The van der Waals surface area contributed by atoms with Crippen molar-refractivity contribution in [2.45, 2.75) is 26.7 Å². The van der Waals surface area contributed by atoms with Crippen molar-refractivity contribution in [3.8, 4) is 0 Å². The molecule has 0 bridgehead atoms. The molecule has 1 unspecified atom stereocenters. The predicted molar refractivity (Wildman–Crippen MR) is 40.6 cm³/mol. The van der Waals surface area contributed by atoms with Gasteiger partial charge in [0, 0.05) is 0 Å². The van der Waals surface area contributed by atoms with Crippen molar-refractivity contribution >= 4 is 5.97 Å². The fourth-order valence-corrected chi connectivity index (χ4v) is 0.777. The van der Waals surface area contributed by atoms with Crippen molar-refractivity contribution in [3.63, 3.8) is 0 Å². The molecule has 0 aliphatic carbocycles. The normalized spacial score (nSPS) is 12.6. The van der Waals surface area contributed by atoms with Crippen LogP contribution >= 0.6 is 0 Å². The summed E-state index contributed by atoms with van der Waals surface area (Å²) in [6.45, 7) is 3.88. The van der Waals surface area contributed by atoms with Crippen LogP contribution in [0, 0.1) is 5.92 Å². The van der Waals surface area contributed by atoms with Gasteiger partial charge < -0.3 is 4.74 Å². The molecule has 0 saturated heterocycles. The maximum absolute atomic E-state index is 10.8. The first kappa shape index (κ1) is 10.4. The SMILES string of the molecule is CCOC(=O)CC(CC)C[O]. The smallest absolute Gasteiger partial charge is 0.306 e. The van der Waals surface area contributed by atoms with E-state index in [9.17, 15) is 9.90 Å². The molecule has 0 fully saturated rings. The molecule has 0 aliphatic rings. The lowest BCUT2D eigenvalue weighted by atomic mass is 10.0. The summed E-state index contributed by atoms with van der Waals surface area (Å²) in [4.78, 5) is 10.8. The second-order valence-electron chi connectivity index (χ2n) is 2.45. The lowest BCUT2D eigenvalue weighted by Gasteiger charge is -2.08. The van der Waals surface area contributed by atoms with Gasteiger partial charge in [0.15, 0.2) is 0 Å². The van der Waals surface area contributed by atoms with Crippen molar-refractivity contribution < 1.29 is 14.6 Å². The number of hydrogen-bond donors (Lipinski definition) is 0. The predicted octanol–water partition coefficient (Wildman–Crippen LogP) is 1.40. The third-order valence-electron chi connectivity index (χ3n) is 1.57. The lowest BCUT2D eigenvalue weighted by molar-refractivity contribution is -0.144. The van der Waals surface area contributed by atoms with Gasteiger partial charge in [0.25, 0.3) is 0 Å². The van der Waals surface area contributed by atoms with Crippen LogP contribution in [0.2, 0.25) is 0 Å². The summed E-state index contributed by atoms with van der Waals surface area (Å²) in [5.74, 6) is -0.302. The van der Waals surface area contributed by atoms with Gasteiger partial charge in [0.1, 0.15) is 0 Å². The minimum absolute atomic E-state index is 0.0472. The molecule has 0 N–H and O–H groups in total. The third kappa shape index (κ3) is 4.79. The molecule has 65 valence electrons. The van der Waals surface area contributed by atoms with E-state index in [0.717, 1.165) is 6.42 Å². The van der Waals surface area contributed by atoms with E-state index >= 15 is 0 Å². The third-order valence-corrected chi connectivity index (χ3v) is 1.57. The van der Waals surface area contributed by atoms with Crippen LogP contribution in [0.1, 0.15) is 26.7 Å². The molecule has 0 aliphatic heterocycles. The van der Waals surface area contributed by atoms with Crippen molar-refractivity contribution in [3.05, 3.63) is 0 Å². The molecule has 0 spiro atoms. The Morgan fingerprint density at radius 3 is 2.45 bits per heavy atom. The average Bonchev–Trinajstić information content (AvgIpc) is 2.01. The molecular weight excluding hydrogens is 144 g/mol. The Labute approximate surface area is 67.4 Å². The van der Waals surface area contributed by atoms with E-state index in [1.807, 2.05) is 6.92 Å². The summed E-state index contributed by atoms with van der Waals surface area (Å²) < 4.78 is 4.70. The highest BCUT2D eigenvalue weighted by Gasteiger charge is 2.11. The molecule has 0 rings (SSSR count). The van der Waals surface area contributed by atoms with E-state index in [1.54, 1.807) is 6.92 Å². The van der Waals surface area contributed by atoms with Crippen molar-refractivity contribution in [1.29, 1.82) is 0 Å². The van der Waals surface area contributed by atoms with E-state index in [1.165, 1.54) is 0 Å². The summed E-state index contributed by atoms with van der Waals surface area (Å²) in [5.41, 5.74) is 0. The van der Waals surface area contributed by atoms with Gasteiger partial charge >= 0.3 is 5.97 Å². The largest absolute Gasteiger partial charge is 0.466 e. The topological polar surface area (TPSA) is 46.2 Å². The molecule has 0 amide bonds. The number of ether oxygens (including phenoxy) is 1. The van der Waals surface area contributed by atoms with Crippen LogP contribution in [0.15, 0.2) is 0 Å². The van der Waals surface area contributed by atoms with Gasteiger partial charge in [-0.3, -0.25) is 4.79 Å². The highest BCUT2D eigenvalue weighted by atomic mass is 16.5. The van der Waals surface area contributed by atoms with Crippen LogP contribution in [0.3, 0.4) is 0 Å². The van der Waals surface area contributed by atoms with E-state index in [0.29, 0.717) is 6.61 Å². The summed E-state index contributed by atoms with van der Waals surface area (Å²) in [7, 11) is 0. The molecular formula is C8H15O3. The Hall–Kier alpha value is -0.570. The van der Waals surface area contributed by atoms with Crippen LogP contribution in [0.5, 0.6) is 0 Å². The second-order valence-corrected chi connectivity index (χ2v) is 2.45. The Kier molecular flexibility index (Phi) is 5.84. The monoisotopic (exact) mass is 159 g/mol. The van der Waals surface area contributed by atoms with E-state index < -0.39 is 0 Å². The first-order valence-electron chi connectivity index (χ1n) is 3.98. The zero-order chi connectivity index (χ0) is 8.69. The number of carbonyl (C=O) groups excluding carboxylic acids is 1. The standard InChI is InChI=1S/C8H15O3/c1-3-7(6-9)5-8(10)11-4-2/h7H,3-6H2,1-2H3. The quantitative estimate of drug-likeness (QED) is 0.569. The van der Waals surface area contributed by atoms with Gasteiger partial charge in [-0.25, -0.2) is 5.11 Å². The first-order valence-corrected chi connectivity index (χ1v) is 3.98. The molecule has 0 saturated carbocycles. The minimum atomic E-state index is -0.254. The maximum atomic E-state index is 10.8. The van der Waals surface area contributed by atoms with Gasteiger partial charge in [0.05, 0.1) is 19.6 Å². The van der Waals surface area contributed by atoms with Gasteiger partial charge in [-0.2, -0.15) is 0 Å². The summed E-state index contributed by atoms with van der Waals surface area (Å²) in [6, 6.07) is 0. The number of hydrogen-bond acceptors (Lipinski definition) is 2. The van der Waals surface area contributed by atoms with Crippen molar-refractivity contribution in [2.75, 3.05) is 13.2 Å².